The monoisotopic (exact) mass is 228 g/mol. The molecule has 1 aromatic carbocycles. The molecule has 0 fully saturated rings. The summed E-state index contributed by atoms with van der Waals surface area (Å²) in [5, 5.41) is 20.2. The first-order chi connectivity index (χ1) is 7.19. The third-order valence-corrected chi connectivity index (χ3v) is 2.16. The van der Waals surface area contributed by atoms with Crippen LogP contribution in [0.3, 0.4) is 0 Å². The number of hydrogen-bond donors (Lipinski definition) is 2. The van der Waals surface area contributed by atoms with Crippen LogP contribution in [0.25, 0.3) is 0 Å². The van der Waals surface area contributed by atoms with E-state index in [4.69, 9.17) is 22.0 Å². The fourth-order valence-corrected chi connectivity index (χ4v) is 1.33. The maximum atomic E-state index is 12.8. The second kappa shape index (κ2) is 5.66. The molecule has 1 atom stereocenters. The highest BCUT2D eigenvalue weighted by atomic mass is 35.5. The van der Waals surface area contributed by atoms with Crippen LogP contribution in [0, 0.1) is 17.1 Å². The average molecular weight is 229 g/mol. The molecule has 0 aliphatic rings. The van der Waals surface area contributed by atoms with E-state index in [2.05, 4.69) is 5.32 Å². The third-order valence-electron chi connectivity index (χ3n) is 1.87. The van der Waals surface area contributed by atoms with Gasteiger partial charge in [-0.1, -0.05) is 17.7 Å². The Morgan fingerprint density at radius 2 is 2.33 bits per heavy atom. The molecule has 0 aliphatic carbocycles. The summed E-state index contributed by atoms with van der Waals surface area (Å²) >= 11 is 5.59. The Morgan fingerprint density at radius 3 is 2.87 bits per heavy atom. The first-order valence-corrected chi connectivity index (χ1v) is 4.75. The molecule has 5 heteroatoms. The van der Waals surface area contributed by atoms with E-state index in [1.165, 1.54) is 18.2 Å². The first-order valence-electron chi connectivity index (χ1n) is 4.38. The summed E-state index contributed by atoms with van der Waals surface area (Å²) < 4.78 is 12.8. The minimum Gasteiger partial charge on any atom is -0.395 e. The molecule has 0 radical (unpaired) electrons. The summed E-state index contributed by atoms with van der Waals surface area (Å²) in [7, 11) is 0. The fourth-order valence-electron chi connectivity index (χ4n) is 1.14. The van der Waals surface area contributed by atoms with E-state index in [9.17, 15) is 4.39 Å². The van der Waals surface area contributed by atoms with Gasteiger partial charge in [-0.05, 0) is 17.7 Å². The van der Waals surface area contributed by atoms with E-state index < -0.39 is 11.9 Å². The van der Waals surface area contributed by atoms with E-state index in [0.29, 0.717) is 12.1 Å². The molecule has 3 nitrogen and oxygen atoms in total. The van der Waals surface area contributed by atoms with Gasteiger partial charge < -0.3 is 5.11 Å². The Balaban J connectivity index is 2.84. The van der Waals surface area contributed by atoms with Crippen LogP contribution >= 0.6 is 11.6 Å². The van der Waals surface area contributed by atoms with Gasteiger partial charge in [-0.3, -0.25) is 5.32 Å². The smallest absolute Gasteiger partial charge is 0.141 e. The van der Waals surface area contributed by atoms with Crippen molar-refractivity contribution in [3.8, 4) is 6.07 Å². The van der Waals surface area contributed by atoms with Crippen molar-refractivity contribution in [3.63, 3.8) is 0 Å². The van der Waals surface area contributed by atoms with Gasteiger partial charge in [0.15, 0.2) is 0 Å². The lowest BCUT2D eigenvalue weighted by Gasteiger charge is -2.10. The van der Waals surface area contributed by atoms with E-state index >= 15 is 0 Å². The van der Waals surface area contributed by atoms with Crippen molar-refractivity contribution in [2.24, 2.45) is 0 Å². The van der Waals surface area contributed by atoms with Gasteiger partial charge in [0.05, 0.1) is 17.7 Å². The summed E-state index contributed by atoms with van der Waals surface area (Å²) in [5.74, 6) is -0.515. The molecule has 0 amide bonds. The van der Waals surface area contributed by atoms with Crippen molar-refractivity contribution in [1.29, 1.82) is 5.26 Å². The fraction of sp³-hybridized carbons (Fsp3) is 0.300. The summed E-state index contributed by atoms with van der Waals surface area (Å²) in [4.78, 5) is 0. The number of rotatable bonds is 4. The number of aliphatic hydroxyl groups is 1. The molecule has 0 aromatic heterocycles. The van der Waals surface area contributed by atoms with Gasteiger partial charge >= 0.3 is 0 Å². The summed E-state index contributed by atoms with van der Waals surface area (Å²) in [6, 6.07) is 5.50. The molecular weight excluding hydrogens is 219 g/mol. The Labute approximate surface area is 92.1 Å². The van der Waals surface area contributed by atoms with Crippen LogP contribution < -0.4 is 5.32 Å². The highest BCUT2D eigenvalue weighted by molar-refractivity contribution is 6.30. The minimum atomic E-state index is -0.588. The number of benzene rings is 1. The summed E-state index contributed by atoms with van der Waals surface area (Å²) in [5.41, 5.74) is 0.581. The molecular formula is C10H10ClFN2O. The predicted octanol–water partition coefficient (Wildman–Crippen LogP) is 1.63. The second-order valence-corrected chi connectivity index (χ2v) is 3.32. The van der Waals surface area contributed by atoms with Gasteiger partial charge in [0.25, 0.3) is 0 Å². The van der Waals surface area contributed by atoms with Crippen LogP contribution in [0.4, 0.5) is 4.39 Å². The number of aliphatic hydroxyl groups excluding tert-OH is 1. The number of halogens is 2. The van der Waals surface area contributed by atoms with Crippen molar-refractivity contribution in [2.75, 3.05) is 13.2 Å². The van der Waals surface area contributed by atoms with E-state index in [-0.39, 0.29) is 11.6 Å². The summed E-state index contributed by atoms with van der Waals surface area (Å²) in [6.07, 6.45) is 0. The molecule has 0 saturated carbocycles. The highest BCUT2D eigenvalue weighted by Crippen LogP contribution is 2.20. The number of nitrogens with zero attached hydrogens (tertiary/aromatic N) is 1. The van der Waals surface area contributed by atoms with Crippen LogP contribution in [0.1, 0.15) is 11.6 Å². The molecule has 0 aliphatic heterocycles. The molecule has 1 unspecified atom stereocenters. The SMILES string of the molecule is N#CC(NCCO)c1ccc(F)c(Cl)c1. The van der Waals surface area contributed by atoms with Crippen molar-refractivity contribution < 1.29 is 9.50 Å². The Morgan fingerprint density at radius 1 is 1.60 bits per heavy atom. The average Bonchev–Trinajstić information content (AvgIpc) is 2.24. The van der Waals surface area contributed by atoms with Gasteiger partial charge in [0, 0.05) is 6.54 Å². The standard InChI is InChI=1S/C10H10ClFN2O/c11-8-5-7(1-2-9(8)12)10(6-13)14-3-4-15/h1-2,5,10,14-15H,3-4H2. The van der Waals surface area contributed by atoms with E-state index in [1.807, 2.05) is 6.07 Å². The van der Waals surface area contributed by atoms with Gasteiger partial charge in [0.2, 0.25) is 0 Å². The lowest BCUT2D eigenvalue weighted by molar-refractivity contribution is 0.289. The lowest BCUT2D eigenvalue weighted by atomic mass is 10.1. The Kier molecular flexibility index (Phi) is 4.50. The zero-order valence-corrected chi connectivity index (χ0v) is 8.63. The minimum absolute atomic E-state index is 0.0152. The maximum Gasteiger partial charge on any atom is 0.141 e. The normalized spacial score (nSPS) is 12.1. The van der Waals surface area contributed by atoms with Crippen molar-refractivity contribution in [2.45, 2.75) is 6.04 Å². The molecule has 0 spiro atoms. The molecule has 80 valence electrons. The first kappa shape index (κ1) is 11.9. The van der Waals surface area contributed by atoms with Gasteiger partial charge in [-0.25, -0.2) is 4.39 Å². The largest absolute Gasteiger partial charge is 0.395 e. The van der Waals surface area contributed by atoms with Crippen LogP contribution in [-0.2, 0) is 0 Å². The quantitative estimate of drug-likeness (QED) is 0.824. The molecule has 1 aromatic rings. The second-order valence-electron chi connectivity index (χ2n) is 2.91. The third kappa shape index (κ3) is 3.17. The molecule has 0 heterocycles. The topological polar surface area (TPSA) is 56.0 Å². The van der Waals surface area contributed by atoms with Crippen LogP contribution in [0.15, 0.2) is 18.2 Å². The maximum absolute atomic E-state index is 12.8. The zero-order valence-electron chi connectivity index (χ0n) is 7.87. The van der Waals surface area contributed by atoms with Gasteiger partial charge in [-0.15, -0.1) is 0 Å². The van der Waals surface area contributed by atoms with Crippen LogP contribution in [0.2, 0.25) is 5.02 Å². The van der Waals surface area contributed by atoms with Crippen molar-refractivity contribution in [1.82, 2.24) is 5.32 Å². The highest BCUT2D eigenvalue weighted by Gasteiger charge is 2.11. The van der Waals surface area contributed by atoms with E-state index in [0.717, 1.165) is 0 Å². The molecule has 0 saturated heterocycles. The van der Waals surface area contributed by atoms with Crippen LogP contribution in [0.5, 0.6) is 0 Å². The van der Waals surface area contributed by atoms with Crippen molar-refractivity contribution >= 4 is 11.6 Å². The van der Waals surface area contributed by atoms with Gasteiger partial charge in [0.1, 0.15) is 11.9 Å². The summed E-state index contributed by atoms with van der Waals surface area (Å²) in [6.45, 7) is 0.236. The number of nitrogens with one attached hydrogen (secondary N) is 1. The molecule has 15 heavy (non-hydrogen) atoms. The zero-order chi connectivity index (χ0) is 11.3. The van der Waals surface area contributed by atoms with Crippen LogP contribution in [-0.4, -0.2) is 18.3 Å². The Hall–Kier alpha value is -1.15. The molecule has 1 rings (SSSR count). The van der Waals surface area contributed by atoms with Crippen molar-refractivity contribution in [3.05, 3.63) is 34.6 Å². The Bertz CT molecular complexity index is 378. The predicted molar refractivity (Wildman–Crippen MR) is 54.9 cm³/mol. The molecule has 0 bridgehead atoms. The van der Waals surface area contributed by atoms with Gasteiger partial charge in [-0.2, -0.15) is 5.26 Å². The number of hydrogen-bond acceptors (Lipinski definition) is 3. The van der Waals surface area contributed by atoms with E-state index in [1.54, 1.807) is 0 Å². The molecule has 2 N–H and O–H groups in total. The lowest BCUT2D eigenvalue weighted by Crippen LogP contribution is -2.23. The number of nitriles is 1.